The Morgan fingerprint density at radius 3 is 2.19 bits per heavy atom. The molecule has 2 aromatic rings. The topological polar surface area (TPSA) is 103 Å². The van der Waals surface area contributed by atoms with E-state index in [0.29, 0.717) is 16.7 Å². The minimum absolute atomic E-state index is 0.0568. The van der Waals surface area contributed by atoms with E-state index in [1.54, 1.807) is 30.3 Å². The van der Waals surface area contributed by atoms with E-state index in [-0.39, 0.29) is 17.0 Å². The number of rotatable bonds is 4. The predicted molar refractivity (Wildman–Crippen MR) is 81.4 cm³/mol. The highest BCUT2D eigenvalue weighted by molar-refractivity contribution is 7.91. The Kier molecular flexibility index (Phi) is 4.11. The van der Waals surface area contributed by atoms with Gasteiger partial charge < -0.3 is 11.5 Å². The molecule has 0 atom stereocenters. The summed E-state index contributed by atoms with van der Waals surface area (Å²) in [7, 11) is -3.57. The lowest BCUT2D eigenvalue weighted by molar-refractivity contribution is 0.100. The van der Waals surface area contributed by atoms with Crippen molar-refractivity contribution in [1.29, 1.82) is 0 Å². The molecule has 0 aromatic heterocycles. The van der Waals surface area contributed by atoms with Gasteiger partial charge in [-0.1, -0.05) is 36.4 Å². The molecule has 110 valence electrons. The molecule has 0 aliphatic heterocycles. The number of carbonyl (C=O) groups excluding carboxylic acids is 1. The maximum Gasteiger partial charge on any atom is 0.249 e. The van der Waals surface area contributed by atoms with E-state index in [1.165, 1.54) is 12.1 Å². The van der Waals surface area contributed by atoms with Crippen LogP contribution in [0.1, 0.15) is 15.9 Å². The number of nitrogens with two attached hydrogens (primary N) is 2. The maximum absolute atomic E-state index is 12.2. The Labute approximate surface area is 123 Å². The average Bonchev–Trinajstić information content (AvgIpc) is 2.45. The molecule has 21 heavy (non-hydrogen) atoms. The number of amides is 1. The molecular formula is C15H16N2O3S. The quantitative estimate of drug-likeness (QED) is 0.888. The summed E-state index contributed by atoms with van der Waals surface area (Å²) in [6.07, 6.45) is 1.10. The lowest BCUT2D eigenvalue weighted by atomic mass is 9.96. The summed E-state index contributed by atoms with van der Waals surface area (Å²) in [5.41, 5.74) is 12.6. The highest BCUT2D eigenvalue weighted by Gasteiger charge is 2.23. The summed E-state index contributed by atoms with van der Waals surface area (Å²) in [4.78, 5) is 11.7. The third-order valence-corrected chi connectivity index (χ3v) is 4.37. The summed E-state index contributed by atoms with van der Waals surface area (Å²) in [5, 5.41) is 0. The van der Waals surface area contributed by atoms with Crippen LogP contribution < -0.4 is 11.5 Å². The zero-order chi connectivity index (χ0) is 15.6. The monoisotopic (exact) mass is 304 g/mol. The van der Waals surface area contributed by atoms with Crippen molar-refractivity contribution in [2.24, 2.45) is 11.5 Å². The van der Waals surface area contributed by atoms with Gasteiger partial charge >= 0.3 is 0 Å². The van der Waals surface area contributed by atoms with Crippen LogP contribution in [-0.2, 0) is 16.4 Å². The van der Waals surface area contributed by atoms with Gasteiger partial charge in [0.1, 0.15) is 0 Å². The van der Waals surface area contributed by atoms with Gasteiger partial charge in [-0.15, -0.1) is 0 Å². The highest BCUT2D eigenvalue weighted by Crippen LogP contribution is 2.33. The van der Waals surface area contributed by atoms with Crippen LogP contribution in [-0.4, -0.2) is 20.6 Å². The van der Waals surface area contributed by atoms with Crippen molar-refractivity contribution >= 4 is 15.7 Å². The summed E-state index contributed by atoms with van der Waals surface area (Å²) < 4.78 is 24.3. The SMILES string of the molecule is CS(=O)(=O)c1c(CN)ccc(C(N)=O)c1-c1ccccc1. The third kappa shape index (κ3) is 2.96. The van der Waals surface area contributed by atoms with E-state index in [9.17, 15) is 13.2 Å². The minimum Gasteiger partial charge on any atom is -0.366 e. The molecule has 0 bridgehead atoms. The van der Waals surface area contributed by atoms with Crippen LogP contribution in [0.2, 0.25) is 0 Å². The van der Waals surface area contributed by atoms with Crippen molar-refractivity contribution in [3.63, 3.8) is 0 Å². The van der Waals surface area contributed by atoms with Crippen molar-refractivity contribution in [2.45, 2.75) is 11.4 Å². The Hall–Kier alpha value is -2.18. The van der Waals surface area contributed by atoms with E-state index < -0.39 is 15.7 Å². The van der Waals surface area contributed by atoms with Gasteiger partial charge in [-0.05, 0) is 17.2 Å². The van der Waals surface area contributed by atoms with Gasteiger partial charge in [0.05, 0.1) is 4.90 Å². The molecule has 0 spiro atoms. The molecular weight excluding hydrogens is 288 g/mol. The first-order valence-electron chi connectivity index (χ1n) is 6.27. The maximum atomic E-state index is 12.2. The van der Waals surface area contributed by atoms with E-state index in [2.05, 4.69) is 0 Å². The number of carbonyl (C=O) groups is 1. The lowest BCUT2D eigenvalue weighted by Gasteiger charge is -2.16. The Morgan fingerprint density at radius 2 is 1.71 bits per heavy atom. The van der Waals surface area contributed by atoms with Crippen molar-refractivity contribution in [3.05, 3.63) is 53.6 Å². The van der Waals surface area contributed by atoms with E-state index in [0.717, 1.165) is 6.26 Å². The molecule has 0 heterocycles. The van der Waals surface area contributed by atoms with Gasteiger partial charge in [0, 0.05) is 23.9 Å². The summed E-state index contributed by atoms with van der Waals surface area (Å²) in [6.45, 7) is 0.0568. The zero-order valence-corrected chi connectivity index (χ0v) is 12.4. The van der Waals surface area contributed by atoms with Crippen molar-refractivity contribution in [1.82, 2.24) is 0 Å². The molecule has 0 unspecified atom stereocenters. The summed E-state index contributed by atoms with van der Waals surface area (Å²) in [6, 6.07) is 11.8. The molecule has 0 saturated heterocycles. The zero-order valence-electron chi connectivity index (χ0n) is 11.5. The van der Waals surface area contributed by atoms with Gasteiger partial charge in [0.2, 0.25) is 5.91 Å². The van der Waals surface area contributed by atoms with Crippen LogP contribution in [0.3, 0.4) is 0 Å². The Bertz CT molecular complexity index is 784. The molecule has 2 rings (SSSR count). The Morgan fingerprint density at radius 1 is 1.10 bits per heavy atom. The molecule has 4 N–H and O–H groups in total. The van der Waals surface area contributed by atoms with Crippen molar-refractivity contribution in [3.8, 4) is 11.1 Å². The van der Waals surface area contributed by atoms with Gasteiger partial charge in [-0.2, -0.15) is 0 Å². The minimum atomic E-state index is -3.57. The fourth-order valence-corrected chi connectivity index (χ4v) is 3.53. The Balaban J connectivity index is 2.96. The van der Waals surface area contributed by atoms with E-state index in [1.807, 2.05) is 0 Å². The molecule has 0 aliphatic rings. The van der Waals surface area contributed by atoms with Gasteiger partial charge in [0.15, 0.2) is 9.84 Å². The molecule has 0 saturated carbocycles. The van der Waals surface area contributed by atoms with E-state index >= 15 is 0 Å². The molecule has 0 radical (unpaired) electrons. The number of primary amides is 1. The first kappa shape index (κ1) is 15.2. The highest BCUT2D eigenvalue weighted by atomic mass is 32.2. The smallest absolute Gasteiger partial charge is 0.249 e. The average molecular weight is 304 g/mol. The van der Waals surface area contributed by atoms with Crippen LogP contribution in [0.5, 0.6) is 0 Å². The number of hydrogen-bond acceptors (Lipinski definition) is 4. The predicted octanol–water partition coefficient (Wildman–Crippen LogP) is 1.31. The fourth-order valence-electron chi connectivity index (χ4n) is 2.31. The lowest BCUT2D eigenvalue weighted by Crippen LogP contribution is -2.17. The molecule has 2 aromatic carbocycles. The number of benzene rings is 2. The summed E-state index contributed by atoms with van der Waals surface area (Å²) >= 11 is 0. The van der Waals surface area contributed by atoms with Crippen molar-refractivity contribution in [2.75, 3.05) is 6.26 Å². The van der Waals surface area contributed by atoms with Crippen LogP contribution in [0, 0.1) is 0 Å². The number of hydrogen-bond donors (Lipinski definition) is 2. The van der Waals surface area contributed by atoms with E-state index in [4.69, 9.17) is 11.5 Å². The van der Waals surface area contributed by atoms with Gasteiger partial charge in [0.25, 0.3) is 0 Å². The van der Waals surface area contributed by atoms with Crippen LogP contribution in [0.25, 0.3) is 11.1 Å². The second-order valence-electron chi connectivity index (χ2n) is 4.68. The second kappa shape index (κ2) is 5.67. The molecule has 0 fully saturated rings. The second-order valence-corrected chi connectivity index (χ2v) is 6.64. The standard InChI is InChI=1S/C15H16N2O3S/c1-21(19,20)14-11(9-16)7-8-12(15(17)18)13(14)10-5-3-2-4-6-10/h2-8H,9,16H2,1H3,(H2,17,18). The van der Waals surface area contributed by atoms with Crippen molar-refractivity contribution < 1.29 is 13.2 Å². The molecule has 0 aliphatic carbocycles. The van der Waals surface area contributed by atoms with Gasteiger partial charge in [-0.25, -0.2) is 8.42 Å². The number of sulfone groups is 1. The van der Waals surface area contributed by atoms with Gasteiger partial charge in [-0.3, -0.25) is 4.79 Å². The largest absolute Gasteiger partial charge is 0.366 e. The first-order chi connectivity index (χ1) is 9.86. The van der Waals surface area contributed by atoms with Crippen LogP contribution >= 0.6 is 0 Å². The fraction of sp³-hybridized carbons (Fsp3) is 0.133. The van der Waals surface area contributed by atoms with Crippen LogP contribution in [0.15, 0.2) is 47.4 Å². The molecule has 6 heteroatoms. The normalized spacial score (nSPS) is 11.3. The summed E-state index contributed by atoms with van der Waals surface area (Å²) in [5.74, 6) is -0.678. The molecule has 1 amide bonds. The van der Waals surface area contributed by atoms with Crippen LogP contribution in [0.4, 0.5) is 0 Å². The third-order valence-electron chi connectivity index (χ3n) is 3.16. The molecule has 5 nitrogen and oxygen atoms in total. The first-order valence-corrected chi connectivity index (χ1v) is 8.16.